The summed E-state index contributed by atoms with van der Waals surface area (Å²) < 4.78 is 5.21. The van der Waals surface area contributed by atoms with Crippen molar-refractivity contribution >= 4 is 17.3 Å². The number of nitrogens with one attached hydrogen (secondary N) is 1. The molecule has 0 spiro atoms. The summed E-state index contributed by atoms with van der Waals surface area (Å²) in [5, 5.41) is 4.23. The van der Waals surface area contributed by atoms with Crippen LogP contribution < -0.4 is 10.2 Å². The van der Waals surface area contributed by atoms with Crippen molar-refractivity contribution in [2.75, 3.05) is 38.3 Å². The monoisotopic (exact) mass is 312 g/mol. The molecule has 0 radical (unpaired) electrons. The lowest BCUT2D eigenvalue weighted by atomic mass is 10.1. The van der Waals surface area contributed by atoms with Gasteiger partial charge in [0.25, 0.3) is 0 Å². The van der Waals surface area contributed by atoms with Gasteiger partial charge in [-0.25, -0.2) is 0 Å². The van der Waals surface area contributed by atoms with Gasteiger partial charge in [0.1, 0.15) is 0 Å². The highest BCUT2D eigenvalue weighted by molar-refractivity contribution is 6.33. The van der Waals surface area contributed by atoms with Crippen LogP contribution in [-0.4, -0.2) is 33.4 Å². The van der Waals surface area contributed by atoms with Crippen LogP contribution in [0.4, 0.5) is 5.69 Å². The molecule has 1 unspecified atom stereocenters. The molecular weight excluding hydrogens is 284 g/mol. The lowest BCUT2D eigenvalue weighted by molar-refractivity contribution is 0.204. The van der Waals surface area contributed by atoms with E-state index in [9.17, 15) is 0 Å². The molecule has 0 fully saturated rings. The zero-order valence-corrected chi connectivity index (χ0v) is 14.7. The van der Waals surface area contributed by atoms with Crippen LogP contribution in [0.1, 0.15) is 39.3 Å². The Morgan fingerprint density at radius 1 is 1.29 bits per heavy atom. The number of benzene rings is 1. The van der Waals surface area contributed by atoms with E-state index in [0.717, 1.165) is 30.3 Å². The van der Waals surface area contributed by atoms with E-state index in [1.54, 1.807) is 7.11 Å². The first-order valence-electron chi connectivity index (χ1n) is 7.76. The number of hydrogen-bond donors (Lipinski definition) is 1. The van der Waals surface area contributed by atoms with E-state index >= 15 is 0 Å². The van der Waals surface area contributed by atoms with E-state index in [1.807, 2.05) is 0 Å². The van der Waals surface area contributed by atoms with Crippen molar-refractivity contribution in [3.05, 3.63) is 28.8 Å². The van der Waals surface area contributed by atoms with Crippen LogP contribution in [0.2, 0.25) is 5.02 Å². The minimum Gasteiger partial charge on any atom is -0.383 e. The van der Waals surface area contributed by atoms with Gasteiger partial charge in [-0.3, -0.25) is 0 Å². The average Bonchev–Trinajstić information content (AvgIpc) is 2.43. The van der Waals surface area contributed by atoms with Gasteiger partial charge in [-0.1, -0.05) is 38.4 Å². The van der Waals surface area contributed by atoms with Crippen molar-refractivity contribution in [3.63, 3.8) is 0 Å². The van der Waals surface area contributed by atoms with Crippen LogP contribution in [0.3, 0.4) is 0 Å². The molecule has 0 bridgehead atoms. The Labute approximate surface area is 134 Å². The lowest BCUT2D eigenvalue weighted by Crippen LogP contribution is -2.31. The van der Waals surface area contributed by atoms with Crippen molar-refractivity contribution in [2.24, 2.45) is 5.92 Å². The molecule has 0 amide bonds. The van der Waals surface area contributed by atoms with E-state index in [0.29, 0.717) is 18.6 Å². The second-order valence-electron chi connectivity index (χ2n) is 5.82. The topological polar surface area (TPSA) is 24.5 Å². The van der Waals surface area contributed by atoms with Crippen LogP contribution in [0, 0.1) is 5.92 Å². The molecule has 1 N–H and O–H groups in total. The normalized spacial score (nSPS) is 12.7. The first-order chi connectivity index (χ1) is 9.99. The van der Waals surface area contributed by atoms with Gasteiger partial charge in [-0.05, 0) is 37.1 Å². The molecular formula is C17H29ClN2O. The smallest absolute Gasteiger partial charge is 0.0642 e. The third-order valence-corrected chi connectivity index (χ3v) is 3.78. The first kappa shape index (κ1) is 18.3. The number of anilines is 1. The van der Waals surface area contributed by atoms with E-state index < -0.39 is 0 Å². The van der Waals surface area contributed by atoms with Gasteiger partial charge in [0.15, 0.2) is 0 Å². The maximum absolute atomic E-state index is 6.52. The highest BCUT2D eigenvalue weighted by Crippen LogP contribution is 2.29. The molecule has 1 aromatic carbocycles. The summed E-state index contributed by atoms with van der Waals surface area (Å²) in [6.45, 7) is 12.2. The van der Waals surface area contributed by atoms with Crippen molar-refractivity contribution in [3.8, 4) is 0 Å². The zero-order chi connectivity index (χ0) is 15.8. The Kier molecular flexibility index (Phi) is 8.09. The van der Waals surface area contributed by atoms with E-state index in [4.69, 9.17) is 16.3 Å². The van der Waals surface area contributed by atoms with Crippen LogP contribution >= 0.6 is 11.6 Å². The largest absolute Gasteiger partial charge is 0.383 e. The molecule has 3 nitrogen and oxygen atoms in total. The zero-order valence-electron chi connectivity index (χ0n) is 13.9. The van der Waals surface area contributed by atoms with Crippen molar-refractivity contribution in [1.82, 2.24) is 5.32 Å². The van der Waals surface area contributed by atoms with Gasteiger partial charge in [-0.15, -0.1) is 0 Å². The maximum Gasteiger partial charge on any atom is 0.0642 e. The second kappa shape index (κ2) is 9.29. The summed E-state index contributed by atoms with van der Waals surface area (Å²) >= 11 is 6.52. The number of ether oxygens (including phenoxy) is 1. The van der Waals surface area contributed by atoms with Crippen molar-refractivity contribution < 1.29 is 4.74 Å². The molecule has 1 rings (SSSR count). The van der Waals surface area contributed by atoms with E-state index in [2.05, 4.69) is 56.1 Å². The molecule has 0 aliphatic heterocycles. The van der Waals surface area contributed by atoms with Crippen LogP contribution in [0.5, 0.6) is 0 Å². The van der Waals surface area contributed by atoms with Crippen LogP contribution in [0.15, 0.2) is 18.2 Å². The number of methoxy groups -OCH3 is 1. The van der Waals surface area contributed by atoms with Gasteiger partial charge >= 0.3 is 0 Å². The number of rotatable bonds is 9. The summed E-state index contributed by atoms with van der Waals surface area (Å²) in [4.78, 5) is 2.30. The summed E-state index contributed by atoms with van der Waals surface area (Å²) in [6, 6.07) is 6.68. The molecule has 1 atom stereocenters. The highest BCUT2D eigenvalue weighted by Gasteiger charge is 2.14. The van der Waals surface area contributed by atoms with Gasteiger partial charge in [0.2, 0.25) is 0 Å². The fourth-order valence-electron chi connectivity index (χ4n) is 2.43. The molecule has 0 aromatic heterocycles. The molecule has 4 heteroatoms. The molecule has 0 aliphatic carbocycles. The number of nitrogens with zero attached hydrogens (tertiary/aromatic N) is 1. The van der Waals surface area contributed by atoms with Gasteiger partial charge in [0.05, 0.1) is 17.3 Å². The standard InChI is InChI=1S/C17H29ClN2O/c1-6-19-14(4)15-7-8-17(16(18)11-15)20(9-10-21-5)12-13(2)3/h7-8,11,13-14,19H,6,9-10,12H2,1-5H3. The lowest BCUT2D eigenvalue weighted by Gasteiger charge is -2.28. The molecule has 21 heavy (non-hydrogen) atoms. The van der Waals surface area contributed by atoms with E-state index in [1.165, 1.54) is 5.56 Å². The number of hydrogen-bond acceptors (Lipinski definition) is 3. The fourth-order valence-corrected chi connectivity index (χ4v) is 2.73. The average molecular weight is 313 g/mol. The predicted octanol–water partition coefficient (Wildman–Crippen LogP) is 4.12. The summed E-state index contributed by atoms with van der Waals surface area (Å²) in [7, 11) is 1.73. The minimum absolute atomic E-state index is 0.319. The fraction of sp³-hybridized carbons (Fsp3) is 0.647. The predicted molar refractivity (Wildman–Crippen MR) is 92.5 cm³/mol. The van der Waals surface area contributed by atoms with Crippen LogP contribution in [0.25, 0.3) is 0 Å². The number of halogens is 1. The Morgan fingerprint density at radius 3 is 2.52 bits per heavy atom. The van der Waals surface area contributed by atoms with Gasteiger partial charge in [0, 0.05) is 26.2 Å². The van der Waals surface area contributed by atoms with E-state index in [-0.39, 0.29) is 0 Å². The minimum atomic E-state index is 0.319. The molecule has 0 saturated carbocycles. The second-order valence-corrected chi connectivity index (χ2v) is 6.23. The first-order valence-corrected chi connectivity index (χ1v) is 8.14. The molecule has 0 aliphatic rings. The van der Waals surface area contributed by atoms with Crippen LogP contribution in [-0.2, 0) is 4.74 Å². The molecule has 120 valence electrons. The highest BCUT2D eigenvalue weighted by atomic mass is 35.5. The Balaban J connectivity index is 2.92. The Hall–Kier alpha value is -0.770. The van der Waals surface area contributed by atoms with Crippen molar-refractivity contribution in [2.45, 2.75) is 33.7 Å². The summed E-state index contributed by atoms with van der Waals surface area (Å²) in [6.07, 6.45) is 0. The third-order valence-electron chi connectivity index (χ3n) is 3.47. The van der Waals surface area contributed by atoms with Crippen molar-refractivity contribution in [1.29, 1.82) is 0 Å². The quantitative estimate of drug-likeness (QED) is 0.742. The SMILES string of the molecule is CCNC(C)c1ccc(N(CCOC)CC(C)C)c(Cl)c1. The van der Waals surface area contributed by atoms with Gasteiger partial charge in [-0.2, -0.15) is 0 Å². The van der Waals surface area contributed by atoms with Gasteiger partial charge < -0.3 is 15.0 Å². The molecule has 1 aromatic rings. The Morgan fingerprint density at radius 2 is 2.00 bits per heavy atom. The molecule has 0 saturated heterocycles. The third kappa shape index (κ3) is 5.85. The Bertz CT molecular complexity index is 423. The molecule has 0 heterocycles. The summed E-state index contributed by atoms with van der Waals surface area (Å²) in [5.74, 6) is 0.582. The summed E-state index contributed by atoms with van der Waals surface area (Å²) in [5.41, 5.74) is 2.32. The maximum atomic E-state index is 6.52.